The second kappa shape index (κ2) is 12.5. The SMILES string of the molecule is C[C@@H]1CN(c2ccc(Nc3cc(-c4ccnc(-n5ccn6c(c(F)c7ccccc76)c5=O)c4CO)cn(C)c3=O)nc2)[C@@H](C)CN1C1COC1. The highest BCUT2D eigenvalue weighted by Gasteiger charge is 2.36. The summed E-state index contributed by atoms with van der Waals surface area (Å²) < 4.78 is 25.1. The number of fused-ring (bicyclic) bond motifs is 3. The van der Waals surface area contributed by atoms with Crippen LogP contribution in [0.15, 0.2) is 89.1 Å². The third-order valence-electron chi connectivity index (χ3n) is 10.0. The molecule has 2 fully saturated rings. The molecule has 0 amide bonds. The van der Waals surface area contributed by atoms with E-state index in [9.17, 15) is 14.7 Å². The lowest BCUT2D eigenvalue weighted by Crippen LogP contribution is -2.63. The normalized spacial score (nSPS) is 18.5. The number of hydrogen-bond donors (Lipinski definition) is 2. The van der Waals surface area contributed by atoms with Gasteiger partial charge in [0, 0.05) is 73.5 Å². The second-order valence-corrected chi connectivity index (χ2v) is 13.2. The lowest BCUT2D eigenvalue weighted by molar-refractivity contribution is -0.0828. The van der Waals surface area contributed by atoms with E-state index in [-0.39, 0.29) is 22.6 Å². The molecule has 2 aliphatic rings. The third-order valence-corrected chi connectivity index (χ3v) is 10.0. The predicted octanol–water partition coefficient (Wildman–Crippen LogP) is 4.07. The highest BCUT2D eigenvalue weighted by Crippen LogP contribution is 2.31. The first-order chi connectivity index (χ1) is 24.2. The Bertz CT molecular complexity index is 2370. The first kappa shape index (κ1) is 31.9. The number of anilines is 3. The molecule has 7 heterocycles. The number of ether oxygens (including phenoxy) is 1. The highest BCUT2D eigenvalue weighted by molar-refractivity contribution is 5.88. The fourth-order valence-corrected chi connectivity index (χ4v) is 7.33. The molecule has 13 heteroatoms. The number of aromatic nitrogens is 5. The number of nitrogens with one attached hydrogen (secondary N) is 1. The number of rotatable bonds is 7. The van der Waals surface area contributed by atoms with E-state index >= 15 is 4.39 Å². The van der Waals surface area contributed by atoms with Gasteiger partial charge < -0.3 is 29.0 Å². The van der Waals surface area contributed by atoms with Crippen molar-refractivity contribution < 1.29 is 14.2 Å². The summed E-state index contributed by atoms with van der Waals surface area (Å²) in [4.78, 5) is 41.0. The Kier molecular flexibility index (Phi) is 7.97. The van der Waals surface area contributed by atoms with Crippen LogP contribution in [-0.4, -0.2) is 77.9 Å². The molecule has 0 radical (unpaired) electrons. The zero-order chi connectivity index (χ0) is 34.7. The van der Waals surface area contributed by atoms with Crippen LogP contribution in [0.25, 0.3) is 33.4 Å². The summed E-state index contributed by atoms with van der Waals surface area (Å²) in [5, 5.41) is 14.1. The van der Waals surface area contributed by atoms with Crippen LogP contribution in [0.4, 0.5) is 21.6 Å². The fraction of sp³-hybridized carbons (Fsp3) is 0.297. The maximum atomic E-state index is 15.5. The Morgan fingerprint density at radius 1 is 1.00 bits per heavy atom. The summed E-state index contributed by atoms with van der Waals surface area (Å²) in [6.07, 6.45) is 8.12. The zero-order valence-electron chi connectivity index (χ0n) is 28.0. The summed E-state index contributed by atoms with van der Waals surface area (Å²) >= 11 is 0. The summed E-state index contributed by atoms with van der Waals surface area (Å²) in [6.45, 7) is 7.44. The van der Waals surface area contributed by atoms with Gasteiger partial charge in [0.2, 0.25) is 0 Å². The maximum absolute atomic E-state index is 15.5. The van der Waals surface area contributed by atoms with Gasteiger partial charge in [0.05, 0.1) is 43.3 Å². The first-order valence-electron chi connectivity index (χ1n) is 16.7. The molecule has 0 unspecified atom stereocenters. The summed E-state index contributed by atoms with van der Waals surface area (Å²) in [5.41, 5.74) is 2.37. The van der Waals surface area contributed by atoms with Gasteiger partial charge in [-0.15, -0.1) is 0 Å². The van der Waals surface area contributed by atoms with Crippen molar-refractivity contribution >= 4 is 33.6 Å². The first-order valence-corrected chi connectivity index (χ1v) is 16.7. The number of pyridine rings is 3. The number of para-hydroxylation sites is 1. The van der Waals surface area contributed by atoms with E-state index in [4.69, 9.17) is 4.74 Å². The van der Waals surface area contributed by atoms with Crippen molar-refractivity contribution in [3.05, 3.63) is 112 Å². The van der Waals surface area contributed by atoms with Crippen molar-refractivity contribution in [3.63, 3.8) is 0 Å². The summed E-state index contributed by atoms with van der Waals surface area (Å²) in [6, 6.07) is 15.3. The highest BCUT2D eigenvalue weighted by atomic mass is 19.1. The average molecular weight is 677 g/mol. The maximum Gasteiger partial charge on any atom is 0.283 e. The quantitative estimate of drug-likeness (QED) is 0.258. The van der Waals surface area contributed by atoms with Crippen LogP contribution in [-0.2, 0) is 18.4 Å². The van der Waals surface area contributed by atoms with Gasteiger partial charge in [0.25, 0.3) is 11.1 Å². The van der Waals surface area contributed by atoms with E-state index in [1.165, 1.54) is 25.9 Å². The van der Waals surface area contributed by atoms with Crippen LogP contribution >= 0.6 is 0 Å². The van der Waals surface area contributed by atoms with Crippen molar-refractivity contribution in [1.29, 1.82) is 0 Å². The molecule has 50 heavy (non-hydrogen) atoms. The molecule has 256 valence electrons. The summed E-state index contributed by atoms with van der Waals surface area (Å²) in [7, 11) is 1.64. The monoisotopic (exact) mass is 676 g/mol. The molecule has 0 spiro atoms. The van der Waals surface area contributed by atoms with E-state index in [0.29, 0.717) is 51.5 Å². The lowest BCUT2D eigenvalue weighted by Gasteiger charge is -2.50. The molecule has 2 aliphatic heterocycles. The molecule has 2 atom stereocenters. The number of piperazine rings is 1. The van der Waals surface area contributed by atoms with Crippen LogP contribution in [0.1, 0.15) is 19.4 Å². The molecule has 0 bridgehead atoms. The van der Waals surface area contributed by atoms with E-state index in [1.807, 2.05) is 18.3 Å². The number of nitrogens with zero attached hydrogens (tertiary/aromatic N) is 7. The molecule has 5 aromatic heterocycles. The molecular weight excluding hydrogens is 639 g/mol. The van der Waals surface area contributed by atoms with Gasteiger partial charge in [-0.2, -0.15) is 0 Å². The zero-order valence-corrected chi connectivity index (χ0v) is 28.0. The van der Waals surface area contributed by atoms with Gasteiger partial charge in [0.15, 0.2) is 5.82 Å². The Labute approximate surface area is 286 Å². The van der Waals surface area contributed by atoms with Crippen molar-refractivity contribution in [1.82, 2.24) is 28.4 Å². The van der Waals surface area contributed by atoms with Crippen molar-refractivity contribution in [2.24, 2.45) is 7.05 Å². The smallest absolute Gasteiger partial charge is 0.283 e. The molecule has 8 rings (SSSR count). The van der Waals surface area contributed by atoms with Crippen molar-refractivity contribution in [3.8, 4) is 16.9 Å². The van der Waals surface area contributed by atoms with Crippen LogP contribution in [0.2, 0.25) is 0 Å². The van der Waals surface area contributed by atoms with Crippen LogP contribution < -0.4 is 21.3 Å². The summed E-state index contributed by atoms with van der Waals surface area (Å²) in [5.74, 6) is 0.0459. The van der Waals surface area contributed by atoms with E-state index in [2.05, 4.69) is 38.9 Å². The molecule has 6 aromatic rings. The van der Waals surface area contributed by atoms with Crippen molar-refractivity contribution in [2.75, 3.05) is 36.5 Å². The average Bonchev–Trinajstić information content (AvgIpc) is 3.39. The third kappa shape index (κ3) is 5.25. The van der Waals surface area contributed by atoms with E-state index in [0.717, 1.165) is 32.0 Å². The minimum absolute atomic E-state index is 0.119. The van der Waals surface area contributed by atoms with Gasteiger partial charge in [0.1, 0.15) is 22.8 Å². The van der Waals surface area contributed by atoms with Crippen LogP contribution in [0.5, 0.6) is 0 Å². The van der Waals surface area contributed by atoms with E-state index < -0.39 is 18.0 Å². The number of hydrogen-bond acceptors (Lipinski definition) is 9. The molecule has 0 aliphatic carbocycles. The van der Waals surface area contributed by atoms with Crippen LogP contribution in [0, 0.1) is 5.82 Å². The van der Waals surface area contributed by atoms with Gasteiger partial charge in [-0.05, 0) is 55.8 Å². The topological polar surface area (TPSA) is 122 Å². The number of aliphatic hydroxyl groups is 1. The molecule has 0 saturated carbocycles. The minimum Gasteiger partial charge on any atom is -0.392 e. The Hall–Kier alpha value is -5.37. The standard InChI is InChI=1S/C37H37FN8O4/c1-22-17-46(26-20-50-21-26)23(2)16-45(22)25-8-9-32(40-15-25)41-30-14-24(18-42(3)36(30)48)27-10-11-39-35(29(27)19-47)44-13-12-43-31-7-5-4-6-28(31)33(38)34(43)37(44)49/h4-15,18,22-23,26,47H,16-17,19-21H2,1-3H3,(H,40,41)/t22-,23+/m0/s1. The van der Waals surface area contributed by atoms with Gasteiger partial charge in [-0.25, -0.2) is 14.4 Å². The number of aryl methyl sites for hydroxylation is 1. The lowest BCUT2D eigenvalue weighted by atomic mass is 10.0. The van der Waals surface area contributed by atoms with Gasteiger partial charge in [-0.1, -0.05) is 12.1 Å². The molecule has 2 N–H and O–H groups in total. The number of benzene rings is 1. The fourth-order valence-electron chi connectivity index (χ4n) is 7.33. The largest absolute Gasteiger partial charge is 0.392 e. The minimum atomic E-state index is -0.622. The van der Waals surface area contributed by atoms with Crippen molar-refractivity contribution in [2.45, 2.75) is 38.6 Å². The Morgan fingerprint density at radius 2 is 1.82 bits per heavy atom. The molecule has 1 aromatic carbocycles. The predicted molar refractivity (Wildman–Crippen MR) is 190 cm³/mol. The van der Waals surface area contributed by atoms with Gasteiger partial charge in [-0.3, -0.25) is 19.1 Å². The van der Waals surface area contributed by atoms with Gasteiger partial charge >= 0.3 is 0 Å². The Morgan fingerprint density at radius 3 is 2.56 bits per heavy atom. The molecule has 2 saturated heterocycles. The van der Waals surface area contributed by atoms with E-state index in [1.54, 1.807) is 55.8 Å². The number of aliphatic hydroxyl groups excluding tert-OH is 1. The van der Waals surface area contributed by atoms with Crippen LogP contribution in [0.3, 0.4) is 0 Å². The molecular formula is C37H37FN8O4. The number of halogens is 1. The Balaban J connectivity index is 1.10. The molecule has 12 nitrogen and oxygen atoms in total. The second-order valence-electron chi connectivity index (χ2n) is 13.2.